The maximum Gasteiger partial charge on any atom is 0.416 e. The number of benzene rings is 1. The Morgan fingerprint density at radius 2 is 1.89 bits per heavy atom. The molecule has 0 spiro atoms. The Kier molecular flexibility index (Phi) is 4.54. The molecule has 0 N–H and O–H groups in total. The van der Waals surface area contributed by atoms with Gasteiger partial charge in [-0.15, -0.1) is 11.3 Å². The molecule has 2 heterocycles. The Balaban J connectivity index is 2.02. The summed E-state index contributed by atoms with van der Waals surface area (Å²) >= 11 is 1.10. The first-order valence-electron chi connectivity index (χ1n) is 7.86. The number of rotatable bonds is 3. The molecule has 0 saturated heterocycles. The second kappa shape index (κ2) is 6.33. The molecule has 1 aliphatic heterocycles. The van der Waals surface area contributed by atoms with Gasteiger partial charge in [-0.1, -0.05) is 0 Å². The summed E-state index contributed by atoms with van der Waals surface area (Å²) in [6, 6.07) is 3.66. The van der Waals surface area contributed by atoms with Gasteiger partial charge in [-0.2, -0.15) is 13.2 Å². The van der Waals surface area contributed by atoms with Gasteiger partial charge >= 0.3 is 12.1 Å². The highest BCUT2D eigenvalue weighted by molar-refractivity contribution is 7.15. The molecule has 1 amide bonds. The highest BCUT2D eigenvalue weighted by atomic mass is 32.1. The summed E-state index contributed by atoms with van der Waals surface area (Å²) in [5, 5.41) is 0. The molecule has 9 heteroatoms. The van der Waals surface area contributed by atoms with Crippen LogP contribution >= 0.6 is 11.3 Å². The lowest BCUT2D eigenvalue weighted by Gasteiger charge is -2.21. The number of ether oxygens (including phenoxy) is 1. The van der Waals surface area contributed by atoms with Crippen LogP contribution in [0.4, 0.5) is 23.2 Å². The first kappa shape index (κ1) is 19.3. The Bertz CT molecular complexity index is 933. The fourth-order valence-electron chi connectivity index (χ4n) is 3.02. The van der Waals surface area contributed by atoms with Crippen LogP contribution in [0.1, 0.15) is 39.5 Å². The van der Waals surface area contributed by atoms with E-state index in [0.717, 1.165) is 23.5 Å². The zero-order valence-corrected chi connectivity index (χ0v) is 15.4. The number of hydrogen-bond donors (Lipinski definition) is 0. The lowest BCUT2D eigenvalue weighted by atomic mass is 9.93. The smallest absolute Gasteiger partial charge is 0.416 e. The molecule has 144 valence electrons. The summed E-state index contributed by atoms with van der Waals surface area (Å²) in [6.07, 6.45) is -4.70. The molecule has 0 saturated carbocycles. The Labute approximate surface area is 156 Å². The Hall–Kier alpha value is -2.42. The van der Waals surface area contributed by atoms with E-state index >= 15 is 0 Å². The second-order valence-electron chi connectivity index (χ2n) is 6.68. The topological polar surface area (TPSA) is 46.6 Å². The number of nitrogens with zero attached hydrogens (tertiary/aromatic N) is 1. The van der Waals surface area contributed by atoms with Crippen molar-refractivity contribution in [1.82, 2.24) is 0 Å². The highest BCUT2D eigenvalue weighted by Gasteiger charge is 2.46. The van der Waals surface area contributed by atoms with Crippen LogP contribution in [-0.2, 0) is 27.7 Å². The maximum atomic E-state index is 13.7. The number of thiophene rings is 1. The molecule has 0 atom stereocenters. The van der Waals surface area contributed by atoms with Gasteiger partial charge in [0.05, 0.1) is 30.3 Å². The monoisotopic (exact) mass is 401 g/mol. The van der Waals surface area contributed by atoms with Gasteiger partial charge in [0.25, 0.3) is 0 Å². The molecular weight excluding hydrogens is 386 g/mol. The number of hydrogen-bond acceptors (Lipinski definition) is 4. The number of alkyl halides is 3. The molecule has 1 aliphatic rings. The lowest BCUT2D eigenvalue weighted by Crippen LogP contribution is -2.36. The molecular formula is C18H15F4NO3S. The van der Waals surface area contributed by atoms with E-state index in [-0.39, 0.29) is 22.9 Å². The van der Waals surface area contributed by atoms with Gasteiger partial charge in [0.2, 0.25) is 5.91 Å². The van der Waals surface area contributed by atoms with Crippen LogP contribution in [0.25, 0.3) is 0 Å². The predicted octanol–water partition coefficient (Wildman–Crippen LogP) is 4.52. The average molecular weight is 401 g/mol. The van der Waals surface area contributed by atoms with Gasteiger partial charge in [-0.3, -0.25) is 4.79 Å². The van der Waals surface area contributed by atoms with Gasteiger partial charge in [-0.05, 0) is 43.7 Å². The normalized spacial score (nSPS) is 15.8. The molecule has 0 bridgehead atoms. The van der Waals surface area contributed by atoms with Gasteiger partial charge in [0, 0.05) is 4.88 Å². The number of esters is 1. The van der Waals surface area contributed by atoms with Crippen LogP contribution in [0.2, 0.25) is 0 Å². The van der Waals surface area contributed by atoms with E-state index in [1.807, 2.05) is 0 Å². The molecule has 0 aliphatic carbocycles. The van der Waals surface area contributed by atoms with E-state index in [4.69, 9.17) is 0 Å². The van der Waals surface area contributed by atoms with Crippen molar-refractivity contribution < 1.29 is 31.9 Å². The van der Waals surface area contributed by atoms with Crippen LogP contribution in [0.3, 0.4) is 0 Å². The standard InChI is InChI=1S/C18H15F4NO3S/c1-17(2)14-12(7-13(27-14)15(24)26-3)23(16(17)25)8-9-4-10(18(20,21)22)6-11(19)5-9/h4-7H,8H2,1-3H3. The minimum absolute atomic E-state index is 0.00476. The summed E-state index contributed by atoms with van der Waals surface area (Å²) in [7, 11) is 1.23. The molecule has 0 unspecified atom stereocenters. The van der Waals surface area contributed by atoms with Crippen LogP contribution in [0.5, 0.6) is 0 Å². The van der Waals surface area contributed by atoms with Gasteiger partial charge < -0.3 is 9.64 Å². The predicted molar refractivity (Wildman–Crippen MR) is 91.3 cm³/mol. The molecule has 3 rings (SSSR count). The van der Waals surface area contributed by atoms with Crippen LogP contribution < -0.4 is 4.90 Å². The molecule has 4 nitrogen and oxygen atoms in total. The largest absolute Gasteiger partial charge is 0.465 e. The summed E-state index contributed by atoms with van der Waals surface area (Å²) < 4.78 is 57.2. The zero-order valence-electron chi connectivity index (χ0n) is 14.6. The molecule has 27 heavy (non-hydrogen) atoms. The first-order chi connectivity index (χ1) is 12.4. The molecule has 0 radical (unpaired) electrons. The van der Waals surface area contributed by atoms with Crippen molar-refractivity contribution in [3.05, 3.63) is 51.0 Å². The molecule has 1 aromatic heterocycles. The van der Waals surface area contributed by atoms with E-state index in [0.29, 0.717) is 16.6 Å². The van der Waals surface area contributed by atoms with Crippen LogP contribution in [0.15, 0.2) is 24.3 Å². The van der Waals surface area contributed by atoms with E-state index in [2.05, 4.69) is 4.74 Å². The second-order valence-corrected chi connectivity index (χ2v) is 7.73. The van der Waals surface area contributed by atoms with Gasteiger partial charge in [0.15, 0.2) is 0 Å². The fourth-order valence-corrected chi connectivity index (χ4v) is 4.19. The van der Waals surface area contributed by atoms with Crippen molar-refractivity contribution in [2.45, 2.75) is 32.0 Å². The number of fused-ring (bicyclic) bond motifs is 1. The first-order valence-corrected chi connectivity index (χ1v) is 8.68. The quantitative estimate of drug-likeness (QED) is 0.561. The van der Waals surface area contributed by atoms with Crippen molar-refractivity contribution in [3.8, 4) is 0 Å². The van der Waals surface area contributed by atoms with Crippen molar-refractivity contribution in [2.75, 3.05) is 12.0 Å². The number of carbonyl (C=O) groups excluding carboxylic acids is 2. The molecule has 2 aromatic rings. The maximum absolute atomic E-state index is 13.7. The third-order valence-corrected chi connectivity index (χ3v) is 5.79. The van der Waals surface area contributed by atoms with E-state index in [1.54, 1.807) is 13.8 Å². The third-order valence-electron chi connectivity index (χ3n) is 4.36. The van der Waals surface area contributed by atoms with Crippen molar-refractivity contribution in [3.63, 3.8) is 0 Å². The number of anilines is 1. The van der Waals surface area contributed by atoms with Crippen molar-refractivity contribution in [2.24, 2.45) is 0 Å². The minimum atomic E-state index is -4.70. The number of amides is 1. The summed E-state index contributed by atoms with van der Waals surface area (Å²) in [5.41, 5.74) is -1.64. The molecule has 0 fully saturated rings. The molecule has 1 aromatic carbocycles. The highest BCUT2D eigenvalue weighted by Crippen LogP contribution is 2.47. The van der Waals surface area contributed by atoms with Gasteiger partial charge in [-0.25, -0.2) is 9.18 Å². The van der Waals surface area contributed by atoms with Crippen molar-refractivity contribution >= 4 is 28.9 Å². The number of methoxy groups -OCH3 is 1. The summed E-state index contributed by atoms with van der Waals surface area (Å²) in [5.74, 6) is -1.94. The number of carbonyl (C=O) groups is 2. The lowest BCUT2D eigenvalue weighted by molar-refractivity contribution is -0.137. The SMILES string of the molecule is COC(=O)c1cc2c(s1)C(C)(C)C(=O)N2Cc1cc(F)cc(C(F)(F)F)c1. The van der Waals surface area contributed by atoms with Crippen LogP contribution in [0, 0.1) is 5.82 Å². The Morgan fingerprint density at radius 3 is 2.48 bits per heavy atom. The van der Waals surface area contributed by atoms with E-state index in [1.165, 1.54) is 18.1 Å². The van der Waals surface area contributed by atoms with E-state index in [9.17, 15) is 27.2 Å². The average Bonchev–Trinajstić information content (AvgIpc) is 3.08. The van der Waals surface area contributed by atoms with Crippen molar-refractivity contribution in [1.29, 1.82) is 0 Å². The zero-order chi connectivity index (χ0) is 20.1. The number of halogens is 4. The van der Waals surface area contributed by atoms with Crippen LogP contribution in [-0.4, -0.2) is 19.0 Å². The Morgan fingerprint density at radius 1 is 1.22 bits per heavy atom. The third kappa shape index (κ3) is 3.31. The fraction of sp³-hybridized carbons (Fsp3) is 0.333. The van der Waals surface area contributed by atoms with E-state index < -0.39 is 28.9 Å². The van der Waals surface area contributed by atoms with Gasteiger partial charge in [0.1, 0.15) is 10.7 Å². The summed E-state index contributed by atoms with van der Waals surface area (Å²) in [6.45, 7) is 3.09. The minimum Gasteiger partial charge on any atom is -0.465 e. The summed E-state index contributed by atoms with van der Waals surface area (Å²) in [4.78, 5) is 26.7.